The van der Waals surface area contributed by atoms with Crippen molar-refractivity contribution < 1.29 is 22.7 Å². The molecule has 0 saturated carbocycles. The summed E-state index contributed by atoms with van der Waals surface area (Å²) < 4.78 is 40.4. The first kappa shape index (κ1) is 19.2. The van der Waals surface area contributed by atoms with E-state index < -0.39 is 6.36 Å². The third kappa shape index (κ3) is 5.73. The van der Waals surface area contributed by atoms with E-state index in [0.717, 1.165) is 22.7 Å². The van der Waals surface area contributed by atoms with Crippen molar-refractivity contribution >= 4 is 34.7 Å². The quantitative estimate of drug-likeness (QED) is 0.539. The van der Waals surface area contributed by atoms with Crippen LogP contribution in [-0.4, -0.2) is 17.3 Å². The van der Waals surface area contributed by atoms with Gasteiger partial charge in [-0.2, -0.15) is 0 Å². The third-order valence-electron chi connectivity index (χ3n) is 3.34. The summed E-state index contributed by atoms with van der Waals surface area (Å²) in [5.74, 6) is -0.0577. The molecule has 0 aliphatic rings. The number of thiazole rings is 1. The lowest BCUT2D eigenvalue weighted by atomic mass is 10.2. The molecule has 3 rings (SSSR count). The Balaban J connectivity index is 1.67. The first-order valence-electron chi connectivity index (χ1n) is 7.67. The van der Waals surface area contributed by atoms with E-state index in [1.807, 2.05) is 17.5 Å². The van der Waals surface area contributed by atoms with E-state index in [9.17, 15) is 18.0 Å². The van der Waals surface area contributed by atoms with Gasteiger partial charge in [0.2, 0.25) is 0 Å². The Labute approximate surface area is 161 Å². The average molecular weight is 410 g/mol. The van der Waals surface area contributed by atoms with Gasteiger partial charge in [0.05, 0.1) is 16.8 Å². The topological polar surface area (TPSA) is 51.2 Å². The van der Waals surface area contributed by atoms with Crippen LogP contribution in [0.2, 0.25) is 0 Å². The number of ether oxygens (including phenoxy) is 1. The number of alkyl halides is 3. The van der Waals surface area contributed by atoms with Crippen molar-refractivity contribution in [3.8, 4) is 5.75 Å². The maximum absolute atomic E-state index is 12.6. The summed E-state index contributed by atoms with van der Waals surface area (Å²) in [6.07, 6.45) is -4.75. The molecule has 0 spiro atoms. The molecular weight excluding hydrogens is 397 g/mol. The number of amides is 1. The van der Waals surface area contributed by atoms with Crippen LogP contribution in [-0.2, 0) is 5.75 Å². The van der Waals surface area contributed by atoms with E-state index in [1.165, 1.54) is 35.2 Å². The zero-order valence-corrected chi connectivity index (χ0v) is 15.3. The van der Waals surface area contributed by atoms with Crippen molar-refractivity contribution in [2.24, 2.45) is 0 Å². The Hall–Kier alpha value is -2.52. The molecule has 3 aromatic rings. The number of nitrogens with zero attached hydrogens (tertiary/aromatic N) is 1. The molecule has 0 aliphatic carbocycles. The predicted molar refractivity (Wildman–Crippen MR) is 99.2 cm³/mol. The lowest BCUT2D eigenvalue weighted by Gasteiger charge is -2.11. The van der Waals surface area contributed by atoms with E-state index in [4.69, 9.17) is 0 Å². The molecular formula is C18H13F3N2O2S2. The molecule has 1 heterocycles. The predicted octanol–water partition coefficient (Wildman–Crippen LogP) is 5.59. The SMILES string of the molecule is O=C(Nc1ccc(OC(F)(F)F)cc1)c1ccccc1SCc1cscn1. The fraction of sp³-hybridized carbons (Fsp3) is 0.111. The Morgan fingerprint density at radius 3 is 2.56 bits per heavy atom. The Bertz CT molecular complexity index is 898. The van der Waals surface area contributed by atoms with Gasteiger partial charge in [-0.05, 0) is 36.4 Å². The number of thioether (sulfide) groups is 1. The second-order valence-corrected chi connectivity index (χ2v) is 7.03. The highest BCUT2D eigenvalue weighted by Crippen LogP contribution is 2.28. The molecule has 0 aliphatic heterocycles. The van der Waals surface area contributed by atoms with Gasteiger partial charge in [-0.15, -0.1) is 36.3 Å². The third-order valence-corrected chi connectivity index (χ3v) is 5.08. The molecule has 0 saturated heterocycles. The molecule has 0 unspecified atom stereocenters. The maximum Gasteiger partial charge on any atom is 0.573 e. The first-order chi connectivity index (χ1) is 12.9. The van der Waals surface area contributed by atoms with E-state index in [2.05, 4.69) is 15.0 Å². The van der Waals surface area contributed by atoms with Crippen LogP contribution in [0.4, 0.5) is 18.9 Å². The second-order valence-electron chi connectivity index (χ2n) is 5.29. The summed E-state index contributed by atoms with van der Waals surface area (Å²) in [7, 11) is 0. The van der Waals surface area contributed by atoms with Crippen molar-refractivity contribution in [2.75, 3.05) is 5.32 Å². The van der Waals surface area contributed by atoms with Gasteiger partial charge in [0.25, 0.3) is 5.91 Å². The van der Waals surface area contributed by atoms with Crippen LogP contribution in [0.15, 0.2) is 64.3 Å². The van der Waals surface area contributed by atoms with Crippen LogP contribution in [0, 0.1) is 0 Å². The Morgan fingerprint density at radius 1 is 1.15 bits per heavy atom. The zero-order chi connectivity index (χ0) is 19.3. The van der Waals surface area contributed by atoms with Crippen molar-refractivity contribution in [3.63, 3.8) is 0 Å². The number of hydrogen-bond donors (Lipinski definition) is 1. The molecule has 1 amide bonds. The molecule has 1 aromatic heterocycles. The Morgan fingerprint density at radius 2 is 1.89 bits per heavy atom. The van der Waals surface area contributed by atoms with Gasteiger partial charge >= 0.3 is 6.36 Å². The van der Waals surface area contributed by atoms with Crippen molar-refractivity contribution in [1.29, 1.82) is 0 Å². The minimum Gasteiger partial charge on any atom is -0.406 e. The molecule has 0 radical (unpaired) electrons. The maximum atomic E-state index is 12.6. The fourth-order valence-corrected chi connectivity index (χ4v) is 3.80. The minimum atomic E-state index is -4.75. The first-order valence-corrected chi connectivity index (χ1v) is 9.59. The van der Waals surface area contributed by atoms with Gasteiger partial charge in [0, 0.05) is 21.7 Å². The number of hydrogen-bond acceptors (Lipinski definition) is 5. The number of benzene rings is 2. The summed E-state index contributed by atoms with van der Waals surface area (Å²) in [5.41, 5.74) is 3.53. The Kier molecular flexibility index (Phi) is 6.02. The normalized spacial score (nSPS) is 11.2. The van der Waals surface area contributed by atoms with Crippen LogP contribution in [0.5, 0.6) is 5.75 Å². The van der Waals surface area contributed by atoms with Crippen LogP contribution in [0.25, 0.3) is 0 Å². The highest BCUT2D eigenvalue weighted by molar-refractivity contribution is 7.98. The van der Waals surface area contributed by atoms with Gasteiger partial charge in [0.1, 0.15) is 5.75 Å². The van der Waals surface area contributed by atoms with E-state index >= 15 is 0 Å². The summed E-state index contributed by atoms with van der Waals surface area (Å²) in [4.78, 5) is 17.6. The number of halogens is 3. The monoisotopic (exact) mass is 410 g/mol. The van der Waals surface area contributed by atoms with Gasteiger partial charge in [-0.25, -0.2) is 4.98 Å². The van der Waals surface area contributed by atoms with E-state index in [0.29, 0.717) is 17.0 Å². The number of carbonyl (C=O) groups is 1. The highest BCUT2D eigenvalue weighted by Gasteiger charge is 2.31. The van der Waals surface area contributed by atoms with Crippen LogP contribution >= 0.6 is 23.1 Å². The molecule has 1 N–H and O–H groups in total. The van der Waals surface area contributed by atoms with Crippen LogP contribution < -0.4 is 10.1 Å². The molecule has 0 atom stereocenters. The van der Waals surface area contributed by atoms with Crippen LogP contribution in [0.3, 0.4) is 0 Å². The standard InChI is InChI=1S/C18H13F3N2O2S2/c19-18(20,21)25-14-7-5-12(6-8-14)23-17(24)15-3-1-2-4-16(15)27-10-13-9-26-11-22-13/h1-9,11H,10H2,(H,23,24). The molecule has 27 heavy (non-hydrogen) atoms. The number of aromatic nitrogens is 1. The highest BCUT2D eigenvalue weighted by atomic mass is 32.2. The largest absolute Gasteiger partial charge is 0.573 e. The lowest BCUT2D eigenvalue weighted by Crippen LogP contribution is -2.17. The van der Waals surface area contributed by atoms with Gasteiger partial charge in [-0.3, -0.25) is 4.79 Å². The lowest BCUT2D eigenvalue weighted by molar-refractivity contribution is -0.274. The van der Waals surface area contributed by atoms with Gasteiger partial charge in [0.15, 0.2) is 0 Å². The minimum absolute atomic E-state index is 0.346. The van der Waals surface area contributed by atoms with Crippen molar-refractivity contribution in [1.82, 2.24) is 4.98 Å². The van der Waals surface area contributed by atoms with Gasteiger partial charge in [-0.1, -0.05) is 12.1 Å². The molecule has 9 heteroatoms. The van der Waals surface area contributed by atoms with E-state index in [1.54, 1.807) is 17.6 Å². The number of anilines is 1. The summed E-state index contributed by atoms with van der Waals surface area (Å²) in [5, 5.41) is 4.62. The van der Waals surface area contributed by atoms with Crippen molar-refractivity contribution in [3.05, 3.63) is 70.7 Å². The van der Waals surface area contributed by atoms with Gasteiger partial charge < -0.3 is 10.1 Å². The second kappa shape index (κ2) is 8.45. The average Bonchev–Trinajstić information content (AvgIpc) is 3.14. The van der Waals surface area contributed by atoms with Crippen LogP contribution in [0.1, 0.15) is 16.1 Å². The molecule has 0 bridgehead atoms. The number of nitrogens with one attached hydrogen (secondary N) is 1. The molecule has 4 nitrogen and oxygen atoms in total. The molecule has 2 aromatic carbocycles. The number of rotatable bonds is 6. The van der Waals surface area contributed by atoms with E-state index in [-0.39, 0.29) is 11.7 Å². The fourth-order valence-electron chi connectivity index (χ4n) is 2.18. The zero-order valence-electron chi connectivity index (χ0n) is 13.7. The number of carbonyl (C=O) groups excluding carboxylic acids is 1. The molecule has 0 fully saturated rings. The summed E-state index contributed by atoms with van der Waals surface area (Å²) in [6, 6.07) is 12.1. The summed E-state index contributed by atoms with van der Waals surface area (Å²) in [6.45, 7) is 0. The summed E-state index contributed by atoms with van der Waals surface area (Å²) >= 11 is 3.00. The smallest absolute Gasteiger partial charge is 0.406 e. The molecule has 140 valence electrons. The van der Waals surface area contributed by atoms with Crippen molar-refractivity contribution in [2.45, 2.75) is 17.0 Å².